The smallest absolute Gasteiger partial charge is 0.351 e. The number of fused-ring (bicyclic) bond motifs is 3. The maximum atomic E-state index is 12.8. The van der Waals surface area contributed by atoms with E-state index in [-0.39, 0.29) is 6.54 Å². The number of primary amides is 1. The van der Waals surface area contributed by atoms with Crippen LogP contribution in [0.2, 0.25) is 0 Å². The highest BCUT2D eigenvalue weighted by atomic mass is 16.2. The molecular weight excluding hydrogens is 346 g/mol. The van der Waals surface area contributed by atoms with Gasteiger partial charge in [-0.2, -0.15) is 9.61 Å². The molecule has 0 saturated carbocycles. The predicted octanol–water partition coefficient (Wildman–Crippen LogP) is 0.586. The van der Waals surface area contributed by atoms with Crippen molar-refractivity contribution in [3.63, 3.8) is 0 Å². The van der Waals surface area contributed by atoms with Gasteiger partial charge in [-0.3, -0.25) is 14.0 Å². The van der Waals surface area contributed by atoms with Gasteiger partial charge in [0.1, 0.15) is 6.54 Å². The Bertz CT molecular complexity index is 1230. The molecule has 4 aromatic rings. The number of carbonyl (C=O) groups excluding carboxylic acids is 1. The molecule has 0 aliphatic carbocycles. The van der Waals surface area contributed by atoms with Crippen LogP contribution < -0.4 is 11.4 Å². The highest BCUT2D eigenvalue weighted by Gasteiger charge is 2.16. The molecule has 0 radical (unpaired) electrons. The largest absolute Gasteiger partial charge is 0.368 e. The molecule has 1 amide bonds. The fourth-order valence-electron chi connectivity index (χ4n) is 3.30. The molecule has 0 bridgehead atoms. The number of hydrogen-bond acceptors (Lipinski definition) is 5. The number of amides is 1. The van der Waals surface area contributed by atoms with Crippen molar-refractivity contribution in [2.45, 2.75) is 33.4 Å². The fourth-order valence-corrected chi connectivity index (χ4v) is 3.30. The molecule has 9 nitrogen and oxygen atoms in total. The van der Waals surface area contributed by atoms with E-state index in [9.17, 15) is 9.59 Å². The van der Waals surface area contributed by atoms with Gasteiger partial charge in [0.05, 0.1) is 11.2 Å². The Kier molecular flexibility index (Phi) is 3.98. The van der Waals surface area contributed by atoms with Gasteiger partial charge >= 0.3 is 5.69 Å². The van der Waals surface area contributed by atoms with Gasteiger partial charge in [-0.15, -0.1) is 5.10 Å². The van der Waals surface area contributed by atoms with E-state index in [1.807, 2.05) is 36.7 Å². The normalized spacial score (nSPS) is 11.5. The molecule has 4 rings (SSSR count). The fraction of sp³-hybridized carbons (Fsp3) is 0.278. The summed E-state index contributed by atoms with van der Waals surface area (Å²) in [7, 11) is 0. The van der Waals surface area contributed by atoms with Gasteiger partial charge in [-0.05, 0) is 32.0 Å². The minimum absolute atomic E-state index is 0.212. The average Bonchev–Trinajstić information content (AvgIpc) is 3.19. The van der Waals surface area contributed by atoms with Crippen molar-refractivity contribution < 1.29 is 4.79 Å². The maximum Gasteiger partial charge on any atom is 0.351 e. The summed E-state index contributed by atoms with van der Waals surface area (Å²) >= 11 is 0. The van der Waals surface area contributed by atoms with Gasteiger partial charge in [0, 0.05) is 24.0 Å². The first-order valence-electron chi connectivity index (χ1n) is 8.60. The lowest BCUT2D eigenvalue weighted by atomic mass is 10.2. The van der Waals surface area contributed by atoms with E-state index in [1.54, 1.807) is 12.1 Å². The van der Waals surface area contributed by atoms with Gasteiger partial charge in [0.15, 0.2) is 11.5 Å². The Morgan fingerprint density at radius 2 is 1.96 bits per heavy atom. The van der Waals surface area contributed by atoms with Gasteiger partial charge < -0.3 is 5.73 Å². The molecule has 0 fully saturated rings. The second-order valence-corrected chi connectivity index (χ2v) is 6.52. The number of benzene rings is 1. The standard InChI is InChI=1S/C18H19N7O2/c1-11-9-12(2)24(21-11)8-7-16-20-17-13-5-3-4-6-14(13)23(10-15(19)26)18(27)25(17)22-16/h3-6,9H,7-8,10H2,1-2H3,(H2,19,26). The van der Waals surface area contributed by atoms with E-state index in [4.69, 9.17) is 5.73 Å². The first-order chi connectivity index (χ1) is 12.9. The van der Waals surface area contributed by atoms with Crippen molar-refractivity contribution >= 4 is 22.5 Å². The number of para-hydroxylation sites is 1. The number of nitrogens with zero attached hydrogens (tertiary/aromatic N) is 6. The third kappa shape index (κ3) is 2.97. The summed E-state index contributed by atoms with van der Waals surface area (Å²) in [5.74, 6) is -0.0481. The lowest BCUT2D eigenvalue weighted by Crippen LogP contribution is -2.32. The van der Waals surface area contributed by atoms with Crippen molar-refractivity contribution in [3.8, 4) is 0 Å². The number of hydrogen-bond donors (Lipinski definition) is 1. The van der Waals surface area contributed by atoms with Crippen LogP contribution in [-0.2, 0) is 24.3 Å². The first-order valence-corrected chi connectivity index (χ1v) is 8.60. The zero-order chi connectivity index (χ0) is 19.1. The molecule has 2 N–H and O–H groups in total. The number of carbonyl (C=O) groups is 1. The van der Waals surface area contributed by atoms with Crippen LogP contribution in [0.1, 0.15) is 17.2 Å². The number of nitrogens with two attached hydrogens (primary N) is 1. The number of aromatic nitrogens is 6. The summed E-state index contributed by atoms with van der Waals surface area (Å²) in [6.45, 7) is 4.34. The van der Waals surface area contributed by atoms with E-state index in [1.165, 1.54) is 9.08 Å². The molecule has 0 aliphatic heterocycles. The topological polar surface area (TPSA) is 113 Å². The predicted molar refractivity (Wildman–Crippen MR) is 99.4 cm³/mol. The van der Waals surface area contributed by atoms with Crippen LogP contribution in [-0.4, -0.2) is 34.9 Å². The molecule has 0 spiro atoms. The lowest BCUT2D eigenvalue weighted by Gasteiger charge is -2.08. The molecule has 0 saturated heterocycles. The van der Waals surface area contributed by atoms with E-state index in [0.717, 1.165) is 16.8 Å². The molecule has 0 atom stereocenters. The summed E-state index contributed by atoms with van der Waals surface area (Å²) in [4.78, 5) is 28.8. The molecule has 138 valence electrons. The SMILES string of the molecule is Cc1cc(C)n(CCc2nc3c4ccccc4n(CC(N)=O)c(=O)n3n2)n1. The molecule has 9 heteroatoms. The van der Waals surface area contributed by atoms with Crippen molar-refractivity contribution in [2.75, 3.05) is 0 Å². The third-order valence-corrected chi connectivity index (χ3v) is 4.46. The second kappa shape index (κ2) is 6.35. The van der Waals surface area contributed by atoms with Crippen LogP contribution >= 0.6 is 0 Å². The van der Waals surface area contributed by atoms with Crippen molar-refractivity contribution in [1.29, 1.82) is 0 Å². The first kappa shape index (κ1) is 17.0. The Balaban J connectivity index is 1.80. The minimum atomic E-state index is -0.591. The van der Waals surface area contributed by atoms with Crippen LogP contribution in [0, 0.1) is 13.8 Å². The van der Waals surface area contributed by atoms with Gasteiger partial charge in [-0.25, -0.2) is 9.78 Å². The summed E-state index contributed by atoms with van der Waals surface area (Å²) in [6, 6.07) is 9.28. The molecule has 0 aliphatic rings. The molecule has 3 aromatic heterocycles. The summed E-state index contributed by atoms with van der Waals surface area (Å²) < 4.78 is 4.45. The molecular formula is C18H19N7O2. The Labute approximate surface area is 154 Å². The zero-order valence-electron chi connectivity index (χ0n) is 15.1. The van der Waals surface area contributed by atoms with E-state index < -0.39 is 11.6 Å². The van der Waals surface area contributed by atoms with Crippen molar-refractivity contribution in [2.24, 2.45) is 5.73 Å². The van der Waals surface area contributed by atoms with Crippen LogP contribution in [0.15, 0.2) is 35.1 Å². The Morgan fingerprint density at radius 1 is 1.19 bits per heavy atom. The average molecular weight is 365 g/mol. The van der Waals surface area contributed by atoms with Gasteiger partial charge in [0.2, 0.25) is 5.91 Å². The van der Waals surface area contributed by atoms with Gasteiger partial charge in [-0.1, -0.05) is 12.1 Å². The molecule has 1 aromatic carbocycles. The maximum absolute atomic E-state index is 12.8. The molecule has 27 heavy (non-hydrogen) atoms. The Hall–Kier alpha value is -3.49. The summed E-state index contributed by atoms with van der Waals surface area (Å²) in [5, 5.41) is 9.53. The minimum Gasteiger partial charge on any atom is -0.368 e. The summed E-state index contributed by atoms with van der Waals surface area (Å²) in [5.41, 5.74) is 7.96. The van der Waals surface area contributed by atoms with Crippen LogP contribution in [0.3, 0.4) is 0 Å². The molecule has 3 heterocycles. The van der Waals surface area contributed by atoms with E-state index >= 15 is 0 Å². The monoisotopic (exact) mass is 365 g/mol. The number of aryl methyl sites for hydroxylation is 4. The second-order valence-electron chi connectivity index (χ2n) is 6.52. The summed E-state index contributed by atoms with van der Waals surface area (Å²) in [6.07, 6.45) is 0.535. The van der Waals surface area contributed by atoms with E-state index in [2.05, 4.69) is 15.2 Å². The van der Waals surface area contributed by atoms with Crippen LogP contribution in [0.5, 0.6) is 0 Å². The van der Waals surface area contributed by atoms with Crippen molar-refractivity contribution in [1.82, 2.24) is 28.9 Å². The van der Waals surface area contributed by atoms with E-state index in [0.29, 0.717) is 30.0 Å². The van der Waals surface area contributed by atoms with Gasteiger partial charge in [0.25, 0.3) is 0 Å². The Morgan fingerprint density at radius 3 is 2.67 bits per heavy atom. The van der Waals surface area contributed by atoms with Crippen molar-refractivity contribution in [3.05, 3.63) is 58.0 Å². The highest BCUT2D eigenvalue weighted by molar-refractivity contribution is 5.92. The molecule has 0 unspecified atom stereocenters. The van der Waals surface area contributed by atoms with Crippen LogP contribution in [0.25, 0.3) is 16.6 Å². The zero-order valence-corrected chi connectivity index (χ0v) is 15.1. The lowest BCUT2D eigenvalue weighted by molar-refractivity contribution is -0.118. The highest BCUT2D eigenvalue weighted by Crippen LogP contribution is 2.17. The number of rotatable bonds is 5. The third-order valence-electron chi connectivity index (χ3n) is 4.46. The van der Waals surface area contributed by atoms with Crippen LogP contribution in [0.4, 0.5) is 0 Å². The quantitative estimate of drug-likeness (QED) is 0.556.